The van der Waals surface area contributed by atoms with Crippen molar-refractivity contribution in [3.63, 3.8) is 0 Å². The molecule has 2 heteroatoms. The molecule has 0 spiro atoms. The smallest absolute Gasteiger partial charge is 0.0615 e. The van der Waals surface area contributed by atoms with E-state index in [0.717, 1.165) is 17.8 Å². The van der Waals surface area contributed by atoms with Crippen molar-refractivity contribution in [2.75, 3.05) is 0 Å². The standard InChI is InChI=1S/C13H22N2/c1-5-7-11(4)13-9-14-12(8-15-13)10(3)6-2/h8-11H,5-7H2,1-4H3. The molecule has 0 fully saturated rings. The van der Waals surface area contributed by atoms with Gasteiger partial charge in [-0.3, -0.25) is 9.97 Å². The van der Waals surface area contributed by atoms with Gasteiger partial charge in [0.05, 0.1) is 11.4 Å². The Bertz CT molecular complexity index is 279. The molecule has 0 saturated heterocycles. The monoisotopic (exact) mass is 206 g/mol. The van der Waals surface area contributed by atoms with Crippen molar-refractivity contribution in [3.05, 3.63) is 23.8 Å². The summed E-state index contributed by atoms with van der Waals surface area (Å²) in [5, 5.41) is 0. The minimum atomic E-state index is 0.521. The minimum absolute atomic E-state index is 0.521. The number of hydrogen-bond donors (Lipinski definition) is 0. The van der Waals surface area contributed by atoms with Crippen molar-refractivity contribution in [3.8, 4) is 0 Å². The molecule has 2 unspecified atom stereocenters. The maximum absolute atomic E-state index is 4.50. The summed E-state index contributed by atoms with van der Waals surface area (Å²) in [5.41, 5.74) is 2.24. The van der Waals surface area contributed by atoms with Crippen LogP contribution in [0.1, 0.15) is 70.2 Å². The van der Waals surface area contributed by atoms with Crippen LogP contribution in [-0.4, -0.2) is 9.97 Å². The Labute approximate surface area is 93.2 Å². The maximum Gasteiger partial charge on any atom is 0.0615 e. The Morgan fingerprint density at radius 3 is 1.93 bits per heavy atom. The largest absolute Gasteiger partial charge is 0.258 e. The minimum Gasteiger partial charge on any atom is -0.258 e. The van der Waals surface area contributed by atoms with Crippen LogP contribution in [0.3, 0.4) is 0 Å². The Kier molecular flexibility index (Phi) is 4.73. The van der Waals surface area contributed by atoms with Crippen LogP contribution in [-0.2, 0) is 0 Å². The summed E-state index contributed by atoms with van der Waals surface area (Å²) in [6, 6.07) is 0. The van der Waals surface area contributed by atoms with Crippen molar-refractivity contribution >= 4 is 0 Å². The molecule has 2 atom stereocenters. The molecule has 1 aromatic rings. The van der Waals surface area contributed by atoms with Gasteiger partial charge in [0.25, 0.3) is 0 Å². The van der Waals surface area contributed by atoms with E-state index in [1.165, 1.54) is 12.8 Å². The maximum atomic E-state index is 4.50. The Morgan fingerprint density at radius 2 is 1.53 bits per heavy atom. The molecular formula is C13H22N2. The molecule has 0 radical (unpaired) electrons. The summed E-state index contributed by atoms with van der Waals surface area (Å²) in [6.45, 7) is 8.80. The highest BCUT2D eigenvalue weighted by molar-refractivity contribution is 5.09. The first kappa shape index (κ1) is 12.2. The highest BCUT2D eigenvalue weighted by Gasteiger charge is 2.08. The SMILES string of the molecule is CCCC(C)c1cnc(C(C)CC)cn1. The van der Waals surface area contributed by atoms with Crippen molar-refractivity contribution in [1.29, 1.82) is 0 Å². The Morgan fingerprint density at radius 1 is 1.00 bits per heavy atom. The third-order valence-electron chi connectivity index (χ3n) is 3.04. The van der Waals surface area contributed by atoms with E-state index in [4.69, 9.17) is 0 Å². The summed E-state index contributed by atoms with van der Waals surface area (Å²) >= 11 is 0. The van der Waals surface area contributed by atoms with Gasteiger partial charge in [0.2, 0.25) is 0 Å². The first-order valence-corrected chi connectivity index (χ1v) is 6.00. The highest BCUT2D eigenvalue weighted by Crippen LogP contribution is 2.20. The van der Waals surface area contributed by atoms with E-state index in [1.807, 2.05) is 12.4 Å². The second-order valence-corrected chi connectivity index (χ2v) is 4.37. The highest BCUT2D eigenvalue weighted by atomic mass is 14.8. The van der Waals surface area contributed by atoms with Gasteiger partial charge in [-0.05, 0) is 24.7 Å². The first-order valence-electron chi connectivity index (χ1n) is 6.00. The Balaban J connectivity index is 2.71. The summed E-state index contributed by atoms with van der Waals surface area (Å²) in [7, 11) is 0. The molecule has 0 amide bonds. The van der Waals surface area contributed by atoms with E-state index in [-0.39, 0.29) is 0 Å². The van der Waals surface area contributed by atoms with E-state index >= 15 is 0 Å². The van der Waals surface area contributed by atoms with E-state index in [0.29, 0.717) is 11.8 Å². The van der Waals surface area contributed by atoms with Crippen molar-refractivity contribution < 1.29 is 0 Å². The summed E-state index contributed by atoms with van der Waals surface area (Å²) in [6.07, 6.45) is 7.41. The summed E-state index contributed by atoms with van der Waals surface area (Å²) in [4.78, 5) is 8.99. The molecule has 1 heterocycles. The van der Waals surface area contributed by atoms with Gasteiger partial charge >= 0.3 is 0 Å². The van der Waals surface area contributed by atoms with Gasteiger partial charge in [0.1, 0.15) is 0 Å². The third kappa shape index (κ3) is 3.29. The fourth-order valence-corrected chi connectivity index (χ4v) is 1.65. The molecule has 84 valence electrons. The third-order valence-corrected chi connectivity index (χ3v) is 3.04. The van der Waals surface area contributed by atoms with Crippen LogP contribution in [0.25, 0.3) is 0 Å². The number of aromatic nitrogens is 2. The van der Waals surface area contributed by atoms with Gasteiger partial charge in [0.15, 0.2) is 0 Å². The quantitative estimate of drug-likeness (QED) is 0.730. The zero-order valence-corrected chi connectivity index (χ0v) is 10.3. The van der Waals surface area contributed by atoms with Gasteiger partial charge in [0, 0.05) is 12.4 Å². The van der Waals surface area contributed by atoms with E-state index in [1.54, 1.807) is 0 Å². The molecule has 0 aromatic carbocycles. The van der Waals surface area contributed by atoms with Crippen LogP contribution in [0, 0.1) is 0 Å². The summed E-state index contributed by atoms with van der Waals surface area (Å²) in [5.74, 6) is 1.06. The van der Waals surface area contributed by atoms with Crippen molar-refractivity contribution in [1.82, 2.24) is 9.97 Å². The fourth-order valence-electron chi connectivity index (χ4n) is 1.65. The van der Waals surface area contributed by atoms with Gasteiger partial charge in [-0.25, -0.2) is 0 Å². The molecule has 0 N–H and O–H groups in total. The fraction of sp³-hybridized carbons (Fsp3) is 0.692. The van der Waals surface area contributed by atoms with E-state index in [9.17, 15) is 0 Å². The van der Waals surface area contributed by atoms with Gasteiger partial charge in [-0.1, -0.05) is 34.1 Å². The molecule has 0 aliphatic rings. The zero-order valence-electron chi connectivity index (χ0n) is 10.3. The summed E-state index contributed by atoms with van der Waals surface area (Å²) < 4.78 is 0. The van der Waals surface area contributed by atoms with Crippen LogP contribution in [0.15, 0.2) is 12.4 Å². The average molecular weight is 206 g/mol. The van der Waals surface area contributed by atoms with Crippen LogP contribution in [0.5, 0.6) is 0 Å². The number of hydrogen-bond acceptors (Lipinski definition) is 2. The van der Waals surface area contributed by atoms with Gasteiger partial charge in [-0.15, -0.1) is 0 Å². The lowest BCUT2D eigenvalue weighted by Gasteiger charge is -2.11. The second-order valence-electron chi connectivity index (χ2n) is 4.37. The van der Waals surface area contributed by atoms with Crippen LogP contribution < -0.4 is 0 Å². The predicted molar refractivity (Wildman–Crippen MR) is 64.1 cm³/mol. The normalized spacial score (nSPS) is 14.9. The van der Waals surface area contributed by atoms with Crippen molar-refractivity contribution in [2.24, 2.45) is 0 Å². The number of rotatable bonds is 5. The van der Waals surface area contributed by atoms with Gasteiger partial charge < -0.3 is 0 Å². The lowest BCUT2D eigenvalue weighted by molar-refractivity contribution is 0.635. The topological polar surface area (TPSA) is 25.8 Å². The molecular weight excluding hydrogens is 184 g/mol. The molecule has 0 bridgehead atoms. The van der Waals surface area contributed by atoms with Crippen LogP contribution in [0.4, 0.5) is 0 Å². The van der Waals surface area contributed by atoms with E-state index in [2.05, 4.69) is 37.7 Å². The van der Waals surface area contributed by atoms with Crippen LogP contribution >= 0.6 is 0 Å². The molecule has 15 heavy (non-hydrogen) atoms. The Hall–Kier alpha value is -0.920. The van der Waals surface area contributed by atoms with Crippen molar-refractivity contribution in [2.45, 2.75) is 58.8 Å². The predicted octanol–water partition coefficient (Wildman–Crippen LogP) is 3.89. The molecule has 1 aromatic heterocycles. The molecule has 1 rings (SSSR count). The molecule has 0 aliphatic heterocycles. The zero-order chi connectivity index (χ0) is 11.3. The first-order chi connectivity index (χ1) is 7.19. The number of nitrogens with zero attached hydrogens (tertiary/aromatic N) is 2. The van der Waals surface area contributed by atoms with Gasteiger partial charge in [-0.2, -0.15) is 0 Å². The molecule has 0 saturated carbocycles. The molecule has 0 aliphatic carbocycles. The average Bonchev–Trinajstić information content (AvgIpc) is 2.28. The second kappa shape index (κ2) is 5.84. The van der Waals surface area contributed by atoms with E-state index < -0.39 is 0 Å². The lowest BCUT2D eigenvalue weighted by Crippen LogP contribution is -2.02. The van der Waals surface area contributed by atoms with Crippen LogP contribution in [0.2, 0.25) is 0 Å². The lowest BCUT2D eigenvalue weighted by atomic mass is 10.0. The molecule has 2 nitrogen and oxygen atoms in total.